The fourth-order valence-corrected chi connectivity index (χ4v) is 1.39. The number of unbranched alkanes of at least 4 members (excludes halogenated alkanes) is 1. The van der Waals surface area contributed by atoms with E-state index < -0.39 is 12.0 Å². The van der Waals surface area contributed by atoms with Crippen LogP contribution in [0, 0.1) is 0 Å². The summed E-state index contributed by atoms with van der Waals surface area (Å²) in [6.07, 6.45) is 3.04. The van der Waals surface area contributed by atoms with Crippen molar-refractivity contribution in [2.24, 2.45) is 0 Å². The lowest BCUT2D eigenvalue weighted by molar-refractivity contribution is -0.139. The Hall–Kier alpha value is -1.26. The van der Waals surface area contributed by atoms with E-state index in [-0.39, 0.29) is 12.1 Å². The Labute approximate surface area is 103 Å². The molecule has 0 rings (SSSR count). The number of nitrogens with one attached hydrogen (secondary N) is 1. The van der Waals surface area contributed by atoms with Gasteiger partial charge in [0.05, 0.1) is 0 Å². The quantitative estimate of drug-likeness (QED) is 0.720. The van der Waals surface area contributed by atoms with Crippen molar-refractivity contribution in [3.05, 3.63) is 0 Å². The first kappa shape index (κ1) is 15.7. The summed E-state index contributed by atoms with van der Waals surface area (Å²) in [5.41, 5.74) is 0. The van der Waals surface area contributed by atoms with Crippen LogP contribution in [0.1, 0.15) is 46.5 Å². The SMILES string of the molecule is CCCC[C@H](NC(=O)N(C)C(C)CC)C(=O)O. The molecule has 0 bridgehead atoms. The van der Waals surface area contributed by atoms with Gasteiger partial charge in [-0.05, 0) is 19.8 Å². The van der Waals surface area contributed by atoms with E-state index in [1.807, 2.05) is 20.8 Å². The average molecular weight is 244 g/mol. The fraction of sp³-hybridized carbons (Fsp3) is 0.833. The van der Waals surface area contributed by atoms with E-state index in [0.29, 0.717) is 6.42 Å². The highest BCUT2D eigenvalue weighted by molar-refractivity contribution is 5.82. The standard InChI is InChI=1S/C12H24N2O3/c1-5-7-8-10(11(15)16)13-12(17)14(4)9(3)6-2/h9-10H,5-8H2,1-4H3,(H,13,17)(H,15,16)/t9?,10-/m0/s1. The number of carboxylic acid groups (broad SMARTS) is 1. The molecule has 0 radical (unpaired) electrons. The van der Waals surface area contributed by atoms with Gasteiger partial charge in [0.15, 0.2) is 0 Å². The molecule has 2 amide bonds. The van der Waals surface area contributed by atoms with E-state index in [4.69, 9.17) is 5.11 Å². The number of carbonyl (C=O) groups excluding carboxylic acids is 1. The molecule has 0 aromatic heterocycles. The van der Waals surface area contributed by atoms with Gasteiger partial charge in [0.2, 0.25) is 0 Å². The summed E-state index contributed by atoms with van der Waals surface area (Å²) in [4.78, 5) is 24.3. The second-order valence-corrected chi connectivity index (χ2v) is 4.35. The minimum atomic E-state index is -0.968. The molecule has 0 aliphatic rings. The summed E-state index contributed by atoms with van der Waals surface area (Å²) < 4.78 is 0. The third-order valence-corrected chi connectivity index (χ3v) is 3.01. The van der Waals surface area contributed by atoms with Gasteiger partial charge in [0.1, 0.15) is 6.04 Å². The molecular formula is C12H24N2O3. The molecule has 0 saturated carbocycles. The van der Waals surface area contributed by atoms with Crippen LogP contribution in [0.25, 0.3) is 0 Å². The molecule has 100 valence electrons. The zero-order valence-electron chi connectivity index (χ0n) is 11.2. The van der Waals surface area contributed by atoms with E-state index in [0.717, 1.165) is 19.3 Å². The zero-order valence-corrected chi connectivity index (χ0v) is 11.2. The number of hydrogen-bond donors (Lipinski definition) is 2. The van der Waals surface area contributed by atoms with Crippen molar-refractivity contribution in [3.8, 4) is 0 Å². The molecule has 1 unspecified atom stereocenters. The van der Waals surface area contributed by atoms with E-state index in [9.17, 15) is 9.59 Å². The predicted molar refractivity (Wildman–Crippen MR) is 67.0 cm³/mol. The maximum atomic E-state index is 11.8. The highest BCUT2D eigenvalue weighted by atomic mass is 16.4. The summed E-state index contributed by atoms with van der Waals surface area (Å²) >= 11 is 0. The van der Waals surface area contributed by atoms with Crippen molar-refractivity contribution in [1.82, 2.24) is 10.2 Å². The minimum Gasteiger partial charge on any atom is -0.480 e. The van der Waals surface area contributed by atoms with Crippen molar-refractivity contribution < 1.29 is 14.7 Å². The third-order valence-electron chi connectivity index (χ3n) is 3.01. The normalized spacial score (nSPS) is 13.9. The molecule has 5 heteroatoms. The Kier molecular flexibility index (Phi) is 7.34. The molecule has 2 atom stereocenters. The van der Waals surface area contributed by atoms with Crippen LogP contribution in [0.2, 0.25) is 0 Å². The number of amides is 2. The smallest absolute Gasteiger partial charge is 0.326 e. The van der Waals surface area contributed by atoms with Crippen LogP contribution in [0.15, 0.2) is 0 Å². The fourth-order valence-electron chi connectivity index (χ4n) is 1.39. The van der Waals surface area contributed by atoms with E-state index in [1.165, 1.54) is 0 Å². The van der Waals surface area contributed by atoms with Crippen molar-refractivity contribution in [2.45, 2.75) is 58.5 Å². The summed E-state index contributed by atoms with van der Waals surface area (Å²) in [6, 6.07) is -0.993. The minimum absolute atomic E-state index is 0.107. The van der Waals surface area contributed by atoms with Gasteiger partial charge in [0.25, 0.3) is 0 Å². The lowest BCUT2D eigenvalue weighted by Crippen LogP contribution is -2.49. The van der Waals surface area contributed by atoms with Gasteiger partial charge in [-0.15, -0.1) is 0 Å². The van der Waals surface area contributed by atoms with E-state index in [1.54, 1.807) is 11.9 Å². The number of nitrogens with zero attached hydrogens (tertiary/aromatic N) is 1. The van der Waals surface area contributed by atoms with Crippen LogP contribution in [-0.2, 0) is 4.79 Å². The molecule has 0 fully saturated rings. The van der Waals surface area contributed by atoms with Crippen LogP contribution in [0.3, 0.4) is 0 Å². The molecule has 0 aromatic rings. The molecular weight excluding hydrogens is 220 g/mol. The summed E-state index contributed by atoms with van der Waals surface area (Å²) in [7, 11) is 1.68. The van der Waals surface area contributed by atoms with Crippen LogP contribution in [0.5, 0.6) is 0 Å². The van der Waals surface area contributed by atoms with Gasteiger partial charge in [-0.2, -0.15) is 0 Å². The molecule has 17 heavy (non-hydrogen) atoms. The first-order valence-electron chi connectivity index (χ1n) is 6.20. The number of carbonyl (C=O) groups is 2. The number of carboxylic acids is 1. The van der Waals surface area contributed by atoms with Gasteiger partial charge in [-0.3, -0.25) is 0 Å². The Morgan fingerprint density at radius 3 is 2.35 bits per heavy atom. The average Bonchev–Trinajstić information content (AvgIpc) is 2.31. The molecule has 2 N–H and O–H groups in total. The highest BCUT2D eigenvalue weighted by Gasteiger charge is 2.22. The lowest BCUT2D eigenvalue weighted by atomic mass is 10.1. The summed E-state index contributed by atoms with van der Waals surface area (Å²) in [6.45, 7) is 5.91. The number of aliphatic carboxylic acids is 1. The third kappa shape index (κ3) is 5.56. The van der Waals surface area contributed by atoms with Crippen molar-refractivity contribution >= 4 is 12.0 Å². The molecule has 5 nitrogen and oxygen atoms in total. The van der Waals surface area contributed by atoms with Gasteiger partial charge < -0.3 is 15.3 Å². The second-order valence-electron chi connectivity index (χ2n) is 4.35. The highest BCUT2D eigenvalue weighted by Crippen LogP contribution is 2.04. The van der Waals surface area contributed by atoms with Gasteiger partial charge in [-0.25, -0.2) is 9.59 Å². The predicted octanol–water partition coefficient (Wildman–Crippen LogP) is 2.07. The topological polar surface area (TPSA) is 69.6 Å². The molecule has 0 aliphatic carbocycles. The Morgan fingerprint density at radius 2 is 1.94 bits per heavy atom. The number of rotatable bonds is 7. The van der Waals surface area contributed by atoms with Gasteiger partial charge in [0, 0.05) is 13.1 Å². The Morgan fingerprint density at radius 1 is 1.35 bits per heavy atom. The molecule has 0 spiro atoms. The maximum Gasteiger partial charge on any atom is 0.326 e. The monoisotopic (exact) mass is 244 g/mol. The molecule has 0 aromatic carbocycles. The second kappa shape index (κ2) is 7.92. The lowest BCUT2D eigenvalue weighted by Gasteiger charge is -2.26. The Bertz CT molecular complexity index is 256. The largest absolute Gasteiger partial charge is 0.480 e. The summed E-state index contributed by atoms with van der Waals surface area (Å²) in [5.74, 6) is -0.968. The zero-order chi connectivity index (χ0) is 13.4. The van der Waals surface area contributed by atoms with E-state index in [2.05, 4.69) is 5.32 Å². The molecule has 0 aliphatic heterocycles. The Balaban J connectivity index is 4.34. The summed E-state index contributed by atoms with van der Waals surface area (Å²) in [5, 5.41) is 11.5. The van der Waals surface area contributed by atoms with E-state index >= 15 is 0 Å². The van der Waals surface area contributed by atoms with Crippen molar-refractivity contribution in [2.75, 3.05) is 7.05 Å². The van der Waals surface area contributed by atoms with Gasteiger partial charge in [-0.1, -0.05) is 26.7 Å². The van der Waals surface area contributed by atoms with Crippen LogP contribution in [0.4, 0.5) is 4.79 Å². The van der Waals surface area contributed by atoms with Crippen LogP contribution < -0.4 is 5.32 Å². The number of hydrogen-bond acceptors (Lipinski definition) is 2. The molecule has 0 saturated heterocycles. The van der Waals surface area contributed by atoms with Gasteiger partial charge >= 0.3 is 12.0 Å². The first-order chi connectivity index (χ1) is 7.93. The number of urea groups is 1. The van der Waals surface area contributed by atoms with Crippen molar-refractivity contribution in [3.63, 3.8) is 0 Å². The molecule has 0 heterocycles. The van der Waals surface area contributed by atoms with Crippen LogP contribution in [-0.4, -0.2) is 41.1 Å². The van der Waals surface area contributed by atoms with Crippen LogP contribution >= 0.6 is 0 Å². The van der Waals surface area contributed by atoms with Crippen molar-refractivity contribution in [1.29, 1.82) is 0 Å². The first-order valence-corrected chi connectivity index (χ1v) is 6.20. The maximum absolute atomic E-state index is 11.8.